The fourth-order valence-electron chi connectivity index (χ4n) is 1.59. The van der Waals surface area contributed by atoms with Gasteiger partial charge in [0.15, 0.2) is 0 Å². The van der Waals surface area contributed by atoms with Crippen LogP contribution in [0.4, 0.5) is 5.69 Å². The van der Waals surface area contributed by atoms with Crippen LogP contribution in [0.25, 0.3) is 0 Å². The topological polar surface area (TPSA) is 64.4 Å². The zero-order valence-electron chi connectivity index (χ0n) is 10.3. The molecule has 0 saturated heterocycles. The fraction of sp³-hybridized carbons (Fsp3) is 0.500. The Hall–Kier alpha value is -0.980. The van der Waals surface area contributed by atoms with E-state index in [0.29, 0.717) is 12.1 Å². The molecule has 1 rings (SSSR count). The standard InChI is InChI=1S/C12H17BrN2O3/c1-18-7-3-2-6-14-9-10-8-11(13)4-5-12(10)15(16)17/h4-5,8,14H,2-3,6-7,9H2,1H3. The van der Waals surface area contributed by atoms with Crippen molar-refractivity contribution in [3.8, 4) is 0 Å². The molecule has 1 N–H and O–H groups in total. The lowest BCUT2D eigenvalue weighted by Crippen LogP contribution is -2.16. The zero-order chi connectivity index (χ0) is 13.4. The highest BCUT2D eigenvalue weighted by Gasteiger charge is 2.12. The number of rotatable bonds is 8. The summed E-state index contributed by atoms with van der Waals surface area (Å²) < 4.78 is 5.80. The van der Waals surface area contributed by atoms with Crippen LogP contribution in [0.5, 0.6) is 0 Å². The monoisotopic (exact) mass is 316 g/mol. The molecule has 0 aromatic heterocycles. The van der Waals surface area contributed by atoms with Crippen molar-refractivity contribution in [2.75, 3.05) is 20.3 Å². The van der Waals surface area contributed by atoms with Crippen molar-refractivity contribution in [1.82, 2.24) is 5.32 Å². The zero-order valence-corrected chi connectivity index (χ0v) is 11.9. The van der Waals surface area contributed by atoms with Crippen molar-refractivity contribution >= 4 is 21.6 Å². The Balaban J connectivity index is 2.45. The third-order valence-electron chi connectivity index (χ3n) is 2.51. The molecule has 0 amide bonds. The number of hydrogen-bond donors (Lipinski definition) is 1. The molecule has 1 aromatic carbocycles. The molecule has 0 bridgehead atoms. The van der Waals surface area contributed by atoms with E-state index in [1.807, 2.05) is 0 Å². The van der Waals surface area contributed by atoms with Crippen LogP contribution < -0.4 is 5.32 Å². The van der Waals surface area contributed by atoms with Crippen molar-refractivity contribution in [3.63, 3.8) is 0 Å². The molecule has 0 aliphatic heterocycles. The minimum absolute atomic E-state index is 0.155. The summed E-state index contributed by atoms with van der Waals surface area (Å²) in [6.07, 6.45) is 1.99. The summed E-state index contributed by atoms with van der Waals surface area (Å²) >= 11 is 3.32. The number of ether oxygens (including phenoxy) is 1. The van der Waals surface area contributed by atoms with Crippen LogP contribution in [-0.2, 0) is 11.3 Å². The van der Waals surface area contributed by atoms with E-state index in [2.05, 4.69) is 21.2 Å². The van der Waals surface area contributed by atoms with E-state index in [1.54, 1.807) is 19.2 Å². The van der Waals surface area contributed by atoms with Crippen molar-refractivity contribution in [2.24, 2.45) is 0 Å². The molecule has 0 fully saturated rings. The molecule has 18 heavy (non-hydrogen) atoms. The van der Waals surface area contributed by atoms with Crippen LogP contribution in [0.15, 0.2) is 22.7 Å². The number of methoxy groups -OCH3 is 1. The van der Waals surface area contributed by atoms with Gasteiger partial charge in [-0.15, -0.1) is 0 Å². The predicted octanol–water partition coefficient (Wildman–Crippen LogP) is 2.87. The van der Waals surface area contributed by atoms with Gasteiger partial charge >= 0.3 is 0 Å². The van der Waals surface area contributed by atoms with E-state index in [1.165, 1.54) is 6.07 Å². The molecule has 0 heterocycles. The van der Waals surface area contributed by atoms with Crippen LogP contribution in [0, 0.1) is 10.1 Å². The molecular formula is C12H17BrN2O3. The Morgan fingerprint density at radius 2 is 2.22 bits per heavy atom. The summed E-state index contributed by atoms with van der Waals surface area (Å²) in [7, 11) is 1.68. The Bertz CT molecular complexity index is 399. The second kappa shape index (κ2) is 8.18. The van der Waals surface area contributed by atoms with Gasteiger partial charge < -0.3 is 10.1 Å². The molecule has 0 saturated carbocycles. The quantitative estimate of drug-likeness (QED) is 0.455. The number of benzene rings is 1. The van der Waals surface area contributed by atoms with Gasteiger partial charge in [0.25, 0.3) is 5.69 Å². The van der Waals surface area contributed by atoms with Crippen molar-refractivity contribution in [2.45, 2.75) is 19.4 Å². The van der Waals surface area contributed by atoms with Crippen LogP contribution in [0.3, 0.4) is 0 Å². The van der Waals surface area contributed by atoms with Gasteiger partial charge in [-0.25, -0.2) is 0 Å². The summed E-state index contributed by atoms with van der Waals surface area (Å²) in [5, 5.41) is 14.1. The average Bonchev–Trinajstić information content (AvgIpc) is 2.33. The molecule has 6 heteroatoms. The molecule has 0 unspecified atom stereocenters. The molecule has 0 spiro atoms. The van der Waals surface area contributed by atoms with Gasteiger partial charge in [0.1, 0.15) is 0 Å². The second-order valence-corrected chi connectivity index (χ2v) is 4.82. The highest BCUT2D eigenvalue weighted by molar-refractivity contribution is 9.10. The smallest absolute Gasteiger partial charge is 0.273 e. The number of nitrogens with one attached hydrogen (secondary N) is 1. The molecular weight excluding hydrogens is 300 g/mol. The van der Waals surface area contributed by atoms with E-state index in [9.17, 15) is 10.1 Å². The Labute approximate surface area is 115 Å². The van der Waals surface area contributed by atoms with Crippen LogP contribution in [0.1, 0.15) is 18.4 Å². The molecule has 0 radical (unpaired) electrons. The maximum atomic E-state index is 10.9. The minimum Gasteiger partial charge on any atom is -0.385 e. The first-order valence-electron chi connectivity index (χ1n) is 5.77. The summed E-state index contributed by atoms with van der Waals surface area (Å²) in [5.41, 5.74) is 0.851. The van der Waals surface area contributed by atoms with Gasteiger partial charge in [-0.3, -0.25) is 10.1 Å². The lowest BCUT2D eigenvalue weighted by atomic mass is 10.2. The third-order valence-corrected chi connectivity index (χ3v) is 3.00. The van der Waals surface area contributed by atoms with E-state index < -0.39 is 0 Å². The average molecular weight is 317 g/mol. The van der Waals surface area contributed by atoms with Crippen molar-refractivity contribution in [3.05, 3.63) is 38.3 Å². The minimum atomic E-state index is -0.353. The van der Waals surface area contributed by atoms with Gasteiger partial charge in [0.2, 0.25) is 0 Å². The Morgan fingerprint density at radius 3 is 2.89 bits per heavy atom. The van der Waals surface area contributed by atoms with Gasteiger partial charge in [-0.2, -0.15) is 0 Å². The van der Waals surface area contributed by atoms with Crippen LogP contribution >= 0.6 is 15.9 Å². The maximum absolute atomic E-state index is 10.9. The van der Waals surface area contributed by atoms with Gasteiger partial charge in [-0.05, 0) is 31.5 Å². The highest BCUT2D eigenvalue weighted by Crippen LogP contribution is 2.22. The van der Waals surface area contributed by atoms with Crippen LogP contribution in [0.2, 0.25) is 0 Å². The van der Waals surface area contributed by atoms with Crippen molar-refractivity contribution < 1.29 is 9.66 Å². The number of nitro benzene ring substituents is 1. The molecule has 1 aromatic rings. The first-order chi connectivity index (χ1) is 8.65. The van der Waals surface area contributed by atoms with Gasteiger partial charge in [-0.1, -0.05) is 15.9 Å². The summed E-state index contributed by atoms with van der Waals surface area (Å²) in [4.78, 5) is 10.5. The molecule has 5 nitrogen and oxygen atoms in total. The number of hydrogen-bond acceptors (Lipinski definition) is 4. The Morgan fingerprint density at radius 1 is 1.44 bits per heavy atom. The SMILES string of the molecule is COCCCCNCc1cc(Br)ccc1[N+](=O)[O-]. The number of unbranched alkanes of at least 4 members (excludes halogenated alkanes) is 1. The maximum Gasteiger partial charge on any atom is 0.273 e. The lowest BCUT2D eigenvalue weighted by Gasteiger charge is -2.06. The molecule has 0 aliphatic rings. The molecule has 100 valence electrons. The predicted molar refractivity (Wildman–Crippen MR) is 73.6 cm³/mol. The van der Waals surface area contributed by atoms with Crippen molar-refractivity contribution in [1.29, 1.82) is 0 Å². The number of halogens is 1. The normalized spacial score (nSPS) is 10.6. The summed E-state index contributed by atoms with van der Waals surface area (Å²) in [5.74, 6) is 0. The first kappa shape index (κ1) is 15.1. The van der Waals surface area contributed by atoms with Gasteiger partial charge in [0.05, 0.1) is 4.92 Å². The van der Waals surface area contributed by atoms with Crippen LogP contribution in [-0.4, -0.2) is 25.2 Å². The van der Waals surface area contributed by atoms with E-state index in [-0.39, 0.29) is 10.6 Å². The number of nitro groups is 1. The fourth-order valence-corrected chi connectivity index (χ4v) is 2.00. The third kappa shape index (κ3) is 5.12. The largest absolute Gasteiger partial charge is 0.385 e. The second-order valence-electron chi connectivity index (χ2n) is 3.91. The summed E-state index contributed by atoms with van der Waals surface area (Å²) in [6.45, 7) is 2.08. The molecule has 0 aliphatic carbocycles. The summed E-state index contributed by atoms with van der Waals surface area (Å²) in [6, 6.07) is 4.98. The lowest BCUT2D eigenvalue weighted by molar-refractivity contribution is -0.385. The van der Waals surface area contributed by atoms with E-state index >= 15 is 0 Å². The number of nitrogens with zero attached hydrogens (tertiary/aromatic N) is 1. The van der Waals surface area contributed by atoms with E-state index in [4.69, 9.17) is 4.74 Å². The molecule has 0 atom stereocenters. The Kier molecular flexibility index (Phi) is 6.85. The highest BCUT2D eigenvalue weighted by atomic mass is 79.9. The van der Waals surface area contributed by atoms with E-state index in [0.717, 1.165) is 30.5 Å². The van der Waals surface area contributed by atoms with Gasteiger partial charge in [0, 0.05) is 36.4 Å². The first-order valence-corrected chi connectivity index (χ1v) is 6.57.